The maximum atomic E-state index is 5.53. The molecule has 290 valence electrons. The van der Waals surface area contributed by atoms with E-state index in [-0.39, 0.29) is 0 Å². The summed E-state index contributed by atoms with van der Waals surface area (Å²) in [4.78, 5) is 5.53. The molecule has 9 aromatic carbocycles. The molecule has 62 heavy (non-hydrogen) atoms. The Morgan fingerprint density at radius 2 is 0.677 bits per heavy atom. The lowest BCUT2D eigenvalue weighted by Gasteiger charge is -2.11. The number of aromatic nitrogens is 5. The lowest BCUT2D eigenvalue weighted by Crippen LogP contribution is -1.98. The van der Waals surface area contributed by atoms with E-state index in [9.17, 15) is 0 Å². The molecule has 0 saturated heterocycles. The van der Waals surface area contributed by atoms with Gasteiger partial charge >= 0.3 is 0 Å². The summed E-state index contributed by atoms with van der Waals surface area (Å²) in [6.07, 6.45) is 0. The Balaban J connectivity index is 1.12. The fourth-order valence-electron chi connectivity index (χ4n) is 9.84. The minimum absolute atomic E-state index is 0.909. The predicted molar refractivity (Wildman–Crippen MR) is 257 cm³/mol. The highest BCUT2D eigenvalue weighted by molar-refractivity contribution is 6.19. The molecule has 0 atom stereocenters. The van der Waals surface area contributed by atoms with Gasteiger partial charge in [-0.05, 0) is 102 Å². The molecule has 0 fully saturated rings. The highest BCUT2D eigenvalue weighted by Crippen LogP contribution is 2.43. The average Bonchev–Trinajstić information content (AvgIpc) is 4.07. The van der Waals surface area contributed by atoms with Crippen molar-refractivity contribution in [1.29, 1.82) is 0 Å². The molecule has 5 nitrogen and oxygen atoms in total. The lowest BCUT2D eigenvalue weighted by molar-refractivity contribution is 1.10. The number of nitrogens with zero attached hydrogens (tertiary/aromatic N) is 5. The zero-order valence-electron chi connectivity index (χ0n) is 33.6. The minimum Gasteiger partial charge on any atom is -0.309 e. The first-order valence-electron chi connectivity index (χ1n) is 21.1. The van der Waals surface area contributed by atoms with E-state index in [0.29, 0.717) is 0 Å². The lowest BCUT2D eigenvalue weighted by atomic mass is 10.00. The molecule has 0 aliphatic rings. The molecule has 0 saturated carbocycles. The third kappa shape index (κ3) is 5.12. The van der Waals surface area contributed by atoms with E-state index in [1.807, 2.05) is 0 Å². The molecule has 0 unspecified atom stereocenters. The zero-order chi connectivity index (χ0) is 40.7. The number of hydrogen-bond donors (Lipinski definition) is 0. The van der Waals surface area contributed by atoms with Crippen molar-refractivity contribution < 1.29 is 0 Å². The normalized spacial score (nSPS) is 11.9. The molecule has 4 aromatic heterocycles. The van der Waals surface area contributed by atoms with Gasteiger partial charge in [0.15, 0.2) is 5.65 Å². The molecule has 13 aromatic rings. The van der Waals surface area contributed by atoms with Crippen LogP contribution in [0.3, 0.4) is 0 Å². The quantitative estimate of drug-likeness (QED) is 0.165. The second-order valence-corrected chi connectivity index (χ2v) is 16.0. The van der Waals surface area contributed by atoms with E-state index >= 15 is 0 Å². The van der Waals surface area contributed by atoms with Gasteiger partial charge in [-0.15, -0.1) is 0 Å². The first-order valence-corrected chi connectivity index (χ1v) is 21.1. The smallest absolute Gasteiger partial charge is 0.165 e. The monoisotopic (exact) mass is 791 g/mol. The van der Waals surface area contributed by atoms with Crippen LogP contribution in [-0.2, 0) is 0 Å². The van der Waals surface area contributed by atoms with Crippen LogP contribution in [0.2, 0.25) is 0 Å². The van der Waals surface area contributed by atoms with E-state index in [1.54, 1.807) is 0 Å². The third-order valence-electron chi connectivity index (χ3n) is 12.5. The van der Waals surface area contributed by atoms with Crippen molar-refractivity contribution in [2.75, 3.05) is 0 Å². The zero-order valence-corrected chi connectivity index (χ0v) is 33.6. The Morgan fingerprint density at radius 3 is 1.26 bits per heavy atom. The first-order chi connectivity index (χ1) is 30.8. The number of fused-ring (bicyclic) bond motifs is 9. The highest BCUT2D eigenvalue weighted by Gasteiger charge is 2.25. The first kappa shape index (κ1) is 34.5. The van der Waals surface area contributed by atoms with Gasteiger partial charge in [-0.3, -0.25) is 9.13 Å². The fourth-order valence-corrected chi connectivity index (χ4v) is 9.84. The van der Waals surface area contributed by atoms with E-state index in [0.717, 1.165) is 67.2 Å². The van der Waals surface area contributed by atoms with Crippen LogP contribution in [0.25, 0.3) is 111 Å². The summed E-state index contributed by atoms with van der Waals surface area (Å²) in [7, 11) is 0. The van der Waals surface area contributed by atoms with Crippen molar-refractivity contribution in [3.05, 3.63) is 224 Å². The molecule has 0 aliphatic heterocycles. The third-order valence-corrected chi connectivity index (χ3v) is 12.5. The molecule has 13 rings (SSSR count). The van der Waals surface area contributed by atoms with Crippen molar-refractivity contribution >= 4 is 65.7 Å². The van der Waals surface area contributed by atoms with Crippen LogP contribution in [0.5, 0.6) is 0 Å². The molecule has 0 spiro atoms. The summed E-state index contributed by atoms with van der Waals surface area (Å²) < 4.78 is 9.49. The average molecular weight is 792 g/mol. The fraction of sp³-hybridized carbons (Fsp3) is 0. The second-order valence-electron chi connectivity index (χ2n) is 16.0. The summed E-state index contributed by atoms with van der Waals surface area (Å²) in [5.74, 6) is 0.909. The summed E-state index contributed by atoms with van der Waals surface area (Å²) in [5.41, 5.74) is 15.6. The Hall–Kier alpha value is -8.41. The molecule has 0 bridgehead atoms. The van der Waals surface area contributed by atoms with Gasteiger partial charge in [0.25, 0.3) is 0 Å². The Morgan fingerprint density at radius 1 is 0.258 bits per heavy atom. The standard InChI is InChI=1S/C57H37N5/c1-6-18-38(19-7-1)56-58-57-55(62(56)44-26-14-5-15-27-44)49-36-48-47-35-40(39-30-32-51-46(34-39)45-28-16-17-29-50(45)59(51)41-20-8-2-9-21-41)31-33-52(47)60(42-22-10-3-11-23-42)53(48)37-54(49)61(57)43-24-12-4-13-25-43/h1-37H. The Labute approximate surface area is 357 Å². The maximum Gasteiger partial charge on any atom is 0.165 e. The van der Waals surface area contributed by atoms with Gasteiger partial charge < -0.3 is 9.13 Å². The van der Waals surface area contributed by atoms with Gasteiger partial charge in [0, 0.05) is 55.2 Å². The van der Waals surface area contributed by atoms with Crippen LogP contribution < -0.4 is 0 Å². The molecular weight excluding hydrogens is 755 g/mol. The summed E-state index contributed by atoms with van der Waals surface area (Å²) in [6, 6.07) is 80.7. The van der Waals surface area contributed by atoms with Gasteiger partial charge in [-0.25, -0.2) is 4.98 Å². The van der Waals surface area contributed by atoms with Crippen molar-refractivity contribution in [2.45, 2.75) is 0 Å². The number of benzene rings is 9. The van der Waals surface area contributed by atoms with Gasteiger partial charge in [-0.1, -0.05) is 133 Å². The number of hydrogen-bond acceptors (Lipinski definition) is 1. The van der Waals surface area contributed by atoms with Crippen LogP contribution in [0.1, 0.15) is 0 Å². The largest absolute Gasteiger partial charge is 0.309 e. The topological polar surface area (TPSA) is 32.6 Å². The molecule has 0 radical (unpaired) electrons. The molecular formula is C57H37N5. The van der Waals surface area contributed by atoms with E-state index in [4.69, 9.17) is 4.98 Å². The highest BCUT2D eigenvalue weighted by atomic mass is 15.2. The summed E-state index contributed by atoms with van der Waals surface area (Å²) in [5, 5.41) is 6.01. The maximum absolute atomic E-state index is 5.53. The number of imidazole rings is 1. The molecule has 0 N–H and O–H groups in total. The van der Waals surface area contributed by atoms with Crippen molar-refractivity contribution in [3.63, 3.8) is 0 Å². The summed E-state index contributed by atoms with van der Waals surface area (Å²) in [6.45, 7) is 0. The van der Waals surface area contributed by atoms with Crippen LogP contribution in [0, 0.1) is 0 Å². The van der Waals surface area contributed by atoms with Crippen LogP contribution in [-0.4, -0.2) is 23.3 Å². The van der Waals surface area contributed by atoms with Gasteiger partial charge in [0.2, 0.25) is 0 Å². The second kappa shape index (κ2) is 13.6. The predicted octanol–water partition coefficient (Wildman–Crippen LogP) is 14.5. The van der Waals surface area contributed by atoms with Crippen LogP contribution in [0.4, 0.5) is 0 Å². The van der Waals surface area contributed by atoms with Crippen LogP contribution >= 0.6 is 0 Å². The molecule has 5 heteroatoms. The van der Waals surface area contributed by atoms with Gasteiger partial charge in [-0.2, -0.15) is 0 Å². The minimum atomic E-state index is 0.909. The van der Waals surface area contributed by atoms with Crippen molar-refractivity contribution in [2.24, 2.45) is 0 Å². The van der Waals surface area contributed by atoms with Gasteiger partial charge in [0.1, 0.15) is 11.3 Å². The van der Waals surface area contributed by atoms with Crippen molar-refractivity contribution in [1.82, 2.24) is 23.3 Å². The van der Waals surface area contributed by atoms with Crippen molar-refractivity contribution in [3.8, 4) is 45.3 Å². The van der Waals surface area contributed by atoms with Gasteiger partial charge in [0.05, 0.1) is 27.6 Å². The van der Waals surface area contributed by atoms with E-state index in [1.165, 1.54) is 43.7 Å². The number of para-hydroxylation sites is 5. The Kier molecular flexibility index (Phi) is 7.54. The summed E-state index contributed by atoms with van der Waals surface area (Å²) >= 11 is 0. The molecule has 0 amide bonds. The number of rotatable bonds is 6. The molecule has 0 aliphatic carbocycles. The van der Waals surface area contributed by atoms with Crippen LogP contribution in [0.15, 0.2) is 224 Å². The Bertz CT molecular complexity index is 3820. The molecule has 4 heterocycles. The SMILES string of the molecule is c1ccc(-c2nc3c(c4cc5c6cc(-c7ccc8c(c7)c7ccccc7n8-c7ccccc7)ccc6n(-c6ccccc6)c5cc4n3-c3ccccc3)n2-c2ccccc2)cc1. The van der Waals surface area contributed by atoms with E-state index < -0.39 is 0 Å². The van der Waals surface area contributed by atoms with E-state index in [2.05, 4.69) is 243 Å².